The lowest BCUT2D eigenvalue weighted by atomic mass is 9.92. The van der Waals surface area contributed by atoms with Crippen molar-refractivity contribution in [3.05, 3.63) is 29.8 Å². The van der Waals surface area contributed by atoms with Crippen LogP contribution in [0, 0.1) is 11.8 Å². The van der Waals surface area contributed by atoms with Gasteiger partial charge in [-0.15, -0.1) is 0 Å². The first-order valence-electron chi connectivity index (χ1n) is 9.15. The molecule has 2 saturated heterocycles. The van der Waals surface area contributed by atoms with Gasteiger partial charge >= 0.3 is 0 Å². The molecule has 2 atom stereocenters. The van der Waals surface area contributed by atoms with Crippen molar-refractivity contribution in [1.82, 2.24) is 14.9 Å². The van der Waals surface area contributed by atoms with E-state index in [1.54, 1.807) is 18.2 Å². The van der Waals surface area contributed by atoms with Crippen LogP contribution in [0.25, 0.3) is 0 Å². The van der Waals surface area contributed by atoms with Gasteiger partial charge in [0.2, 0.25) is 10.0 Å². The number of fused-ring (bicyclic) bond motifs is 1. The highest BCUT2D eigenvalue weighted by Gasteiger charge is 2.32. The van der Waals surface area contributed by atoms with Crippen molar-refractivity contribution < 1.29 is 13.2 Å². The summed E-state index contributed by atoms with van der Waals surface area (Å²) in [4.78, 5) is 14.9. The third-order valence-electron chi connectivity index (χ3n) is 5.60. The molecule has 1 aromatic carbocycles. The van der Waals surface area contributed by atoms with E-state index < -0.39 is 10.0 Å². The summed E-state index contributed by atoms with van der Waals surface area (Å²) in [7, 11) is -3.53. The van der Waals surface area contributed by atoms with E-state index in [-0.39, 0.29) is 16.8 Å². The van der Waals surface area contributed by atoms with Crippen LogP contribution < -0.4 is 10.0 Å². The molecule has 7 heteroatoms. The number of carbonyl (C=O) groups is 1. The lowest BCUT2D eigenvalue weighted by molar-refractivity contribution is 0.0758. The zero-order valence-corrected chi connectivity index (χ0v) is 15.1. The summed E-state index contributed by atoms with van der Waals surface area (Å²) in [6, 6.07) is 6.50. The van der Waals surface area contributed by atoms with Gasteiger partial charge in [0.1, 0.15) is 0 Å². The van der Waals surface area contributed by atoms with Gasteiger partial charge in [-0.25, -0.2) is 13.1 Å². The van der Waals surface area contributed by atoms with Crippen molar-refractivity contribution in [3.63, 3.8) is 0 Å². The number of sulfonamides is 1. The maximum Gasteiger partial charge on any atom is 0.253 e. The maximum atomic E-state index is 12.9. The van der Waals surface area contributed by atoms with E-state index in [2.05, 4.69) is 10.0 Å². The van der Waals surface area contributed by atoms with Crippen molar-refractivity contribution in [2.24, 2.45) is 11.8 Å². The van der Waals surface area contributed by atoms with Crippen LogP contribution >= 0.6 is 0 Å². The molecule has 1 aliphatic carbocycles. The molecule has 0 aromatic heterocycles. The summed E-state index contributed by atoms with van der Waals surface area (Å²) in [5, 5.41) is 3.44. The Morgan fingerprint density at radius 1 is 1.08 bits per heavy atom. The first-order chi connectivity index (χ1) is 12.0. The molecule has 1 amide bonds. The van der Waals surface area contributed by atoms with Gasteiger partial charge in [-0.05, 0) is 68.8 Å². The van der Waals surface area contributed by atoms with E-state index >= 15 is 0 Å². The Labute approximate surface area is 149 Å². The Balaban J connectivity index is 1.49. The van der Waals surface area contributed by atoms with E-state index in [0.717, 1.165) is 51.9 Å². The average molecular weight is 363 g/mol. The predicted molar refractivity (Wildman–Crippen MR) is 94.8 cm³/mol. The van der Waals surface area contributed by atoms with Gasteiger partial charge in [-0.2, -0.15) is 0 Å². The molecule has 3 fully saturated rings. The zero-order chi connectivity index (χ0) is 17.4. The van der Waals surface area contributed by atoms with E-state index in [1.807, 2.05) is 4.90 Å². The lowest BCUT2D eigenvalue weighted by Gasteiger charge is -2.21. The molecule has 25 heavy (non-hydrogen) atoms. The highest BCUT2D eigenvalue weighted by molar-refractivity contribution is 7.89. The number of nitrogens with zero attached hydrogens (tertiary/aromatic N) is 1. The molecule has 0 spiro atoms. The molecule has 2 aliphatic heterocycles. The van der Waals surface area contributed by atoms with Crippen molar-refractivity contribution in [2.75, 3.05) is 26.2 Å². The number of nitrogens with one attached hydrogen (secondary N) is 2. The van der Waals surface area contributed by atoms with Gasteiger partial charge in [0, 0.05) is 24.7 Å². The average Bonchev–Trinajstić information content (AvgIpc) is 3.34. The minimum atomic E-state index is -3.53. The molecule has 1 aromatic rings. The molecule has 1 saturated carbocycles. The Bertz CT molecular complexity index is 747. The summed E-state index contributed by atoms with van der Waals surface area (Å²) in [6.45, 7) is 3.60. The molecule has 0 radical (unpaired) electrons. The Morgan fingerprint density at radius 2 is 1.76 bits per heavy atom. The fourth-order valence-corrected chi connectivity index (χ4v) is 5.24. The highest BCUT2D eigenvalue weighted by Crippen LogP contribution is 2.28. The second-order valence-electron chi connectivity index (χ2n) is 7.47. The molecular weight excluding hydrogens is 338 g/mol. The minimum Gasteiger partial charge on any atom is -0.339 e. The number of amides is 1. The largest absolute Gasteiger partial charge is 0.339 e. The smallest absolute Gasteiger partial charge is 0.253 e. The monoisotopic (exact) mass is 363 g/mol. The summed E-state index contributed by atoms with van der Waals surface area (Å²) in [5.41, 5.74) is 0.462. The fourth-order valence-electron chi connectivity index (χ4n) is 3.89. The van der Waals surface area contributed by atoms with Crippen LogP contribution in [0.15, 0.2) is 29.2 Å². The van der Waals surface area contributed by atoms with Crippen molar-refractivity contribution >= 4 is 15.9 Å². The van der Waals surface area contributed by atoms with Gasteiger partial charge < -0.3 is 10.2 Å². The van der Waals surface area contributed by atoms with Crippen molar-refractivity contribution in [1.29, 1.82) is 0 Å². The molecule has 0 bridgehead atoms. The molecule has 0 unspecified atom stereocenters. The summed E-state index contributed by atoms with van der Waals surface area (Å²) in [5.74, 6) is 1.26. The van der Waals surface area contributed by atoms with Gasteiger partial charge in [0.25, 0.3) is 5.91 Å². The first-order valence-corrected chi connectivity index (χ1v) is 10.6. The van der Waals surface area contributed by atoms with Gasteiger partial charge in [0.05, 0.1) is 4.90 Å². The summed E-state index contributed by atoms with van der Waals surface area (Å²) >= 11 is 0. The van der Waals surface area contributed by atoms with E-state index in [1.165, 1.54) is 6.07 Å². The van der Waals surface area contributed by atoms with Crippen LogP contribution in [0.3, 0.4) is 0 Å². The Hall–Kier alpha value is -1.44. The van der Waals surface area contributed by atoms with Crippen LogP contribution in [-0.2, 0) is 10.0 Å². The molecule has 6 nitrogen and oxygen atoms in total. The standard InChI is InChI=1S/C18H25N3O3S/c22-18(21-8-6-14-11-19-12-15(14)7-9-21)13-2-1-3-17(10-13)25(23,24)20-16-4-5-16/h1-3,10,14-16,19-20H,4-9,11-12H2/t14-,15+. The second-order valence-corrected chi connectivity index (χ2v) is 9.19. The first kappa shape index (κ1) is 17.0. The third kappa shape index (κ3) is 3.73. The van der Waals surface area contributed by atoms with E-state index in [4.69, 9.17) is 0 Å². The second kappa shape index (κ2) is 6.70. The van der Waals surface area contributed by atoms with Crippen LogP contribution in [0.2, 0.25) is 0 Å². The van der Waals surface area contributed by atoms with Crippen LogP contribution in [0.5, 0.6) is 0 Å². The zero-order valence-electron chi connectivity index (χ0n) is 14.3. The van der Waals surface area contributed by atoms with E-state index in [0.29, 0.717) is 17.4 Å². The van der Waals surface area contributed by atoms with Crippen molar-refractivity contribution in [2.45, 2.75) is 36.6 Å². The van der Waals surface area contributed by atoms with Crippen molar-refractivity contribution in [3.8, 4) is 0 Å². The summed E-state index contributed by atoms with van der Waals surface area (Å²) < 4.78 is 27.4. The number of carbonyl (C=O) groups excluding carboxylic acids is 1. The van der Waals surface area contributed by atoms with Gasteiger partial charge in [-0.1, -0.05) is 6.07 Å². The highest BCUT2D eigenvalue weighted by atomic mass is 32.2. The number of benzene rings is 1. The molecule has 2 heterocycles. The minimum absolute atomic E-state index is 0.0583. The number of likely N-dealkylation sites (tertiary alicyclic amines) is 1. The number of hydrogen-bond donors (Lipinski definition) is 2. The Kier molecular flexibility index (Phi) is 4.56. The fraction of sp³-hybridized carbons (Fsp3) is 0.611. The lowest BCUT2D eigenvalue weighted by Crippen LogP contribution is -2.33. The normalized spacial score (nSPS) is 27.0. The predicted octanol–water partition coefficient (Wildman–Crippen LogP) is 1.20. The van der Waals surface area contributed by atoms with Gasteiger partial charge in [-0.3, -0.25) is 4.79 Å². The molecule has 4 rings (SSSR count). The van der Waals surface area contributed by atoms with Crippen LogP contribution in [-0.4, -0.2) is 51.4 Å². The van der Waals surface area contributed by atoms with E-state index in [9.17, 15) is 13.2 Å². The maximum absolute atomic E-state index is 12.9. The molecule has 136 valence electrons. The molecular formula is C18H25N3O3S. The number of rotatable bonds is 4. The topological polar surface area (TPSA) is 78.5 Å². The van der Waals surface area contributed by atoms with Gasteiger partial charge in [0.15, 0.2) is 0 Å². The number of hydrogen-bond acceptors (Lipinski definition) is 4. The third-order valence-corrected chi connectivity index (χ3v) is 7.12. The molecule has 3 aliphatic rings. The SMILES string of the molecule is O=C(c1cccc(S(=O)(=O)NC2CC2)c1)N1CC[C@@H]2CNC[C@@H]2CC1. The Morgan fingerprint density at radius 3 is 2.40 bits per heavy atom. The molecule has 2 N–H and O–H groups in total. The van der Waals surface area contributed by atoms with Crippen LogP contribution in [0.1, 0.15) is 36.0 Å². The quantitative estimate of drug-likeness (QED) is 0.843. The summed E-state index contributed by atoms with van der Waals surface area (Å²) in [6.07, 6.45) is 3.82. The van der Waals surface area contributed by atoms with Crippen LogP contribution in [0.4, 0.5) is 0 Å².